The number of carboxylic acid groups (broad SMARTS) is 1. The number of rotatable bonds is 12. The zero-order chi connectivity index (χ0) is 21.1. The molecule has 3 atom stereocenters. The number of aliphatic hydroxyl groups excluding tert-OH is 1. The Morgan fingerprint density at radius 3 is 1.89 bits per heavy atom. The number of hydrogen-bond acceptors (Lipinski definition) is 6. The Kier molecular flexibility index (Phi) is 11.2. The highest BCUT2D eigenvalue weighted by Crippen LogP contribution is 2.06. The maximum Gasteiger partial charge on any atom is 0.328 e. The third kappa shape index (κ3) is 10.5. The molecule has 0 aliphatic rings. The molecule has 0 aromatic heterocycles. The molecule has 0 radical (unpaired) electrons. The topological polar surface area (TPSA) is 171 Å². The van der Waals surface area contributed by atoms with Crippen LogP contribution in [-0.2, 0) is 19.2 Å². The van der Waals surface area contributed by atoms with Crippen LogP contribution in [0.15, 0.2) is 0 Å². The third-order valence-corrected chi connectivity index (χ3v) is 3.64. The Morgan fingerprint density at radius 2 is 1.44 bits per heavy atom. The number of amides is 3. The van der Waals surface area contributed by atoms with Crippen molar-refractivity contribution in [2.24, 2.45) is 17.6 Å². The van der Waals surface area contributed by atoms with E-state index in [4.69, 9.17) is 15.9 Å². The van der Waals surface area contributed by atoms with Crippen molar-refractivity contribution in [1.82, 2.24) is 16.0 Å². The molecule has 10 heteroatoms. The minimum Gasteiger partial charge on any atom is -0.480 e. The molecule has 0 aliphatic heterocycles. The molecular formula is C17H32N4O6. The smallest absolute Gasteiger partial charge is 0.328 e. The molecule has 0 bridgehead atoms. The average molecular weight is 388 g/mol. The second-order valence-electron chi connectivity index (χ2n) is 7.29. The van der Waals surface area contributed by atoms with Crippen molar-refractivity contribution in [3.63, 3.8) is 0 Å². The molecule has 0 rings (SSSR count). The number of nitrogens with one attached hydrogen (secondary N) is 3. The standard InChI is InChI=1S/C17H32N4O6/c1-9(2)5-11(18)15(24)19-7-14(23)20-12(6-10(3)4)16(25)21-13(8-22)17(26)27/h9-13,22H,5-8,18H2,1-4H3,(H,19,24)(H,20,23)(H,21,25)(H,26,27). The summed E-state index contributed by atoms with van der Waals surface area (Å²) in [6, 6.07) is -3.18. The lowest BCUT2D eigenvalue weighted by Gasteiger charge is -2.22. The molecule has 7 N–H and O–H groups in total. The normalized spacial score (nSPS) is 14.4. The number of aliphatic carboxylic acids is 1. The monoisotopic (exact) mass is 388 g/mol. The van der Waals surface area contributed by atoms with Gasteiger partial charge in [0.25, 0.3) is 0 Å². The minimum absolute atomic E-state index is 0.0347. The SMILES string of the molecule is CC(C)CC(N)C(=O)NCC(=O)NC(CC(C)C)C(=O)NC(CO)C(=O)O. The van der Waals surface area contributed by atoms with E-state index in [0.29, 0.717) is 6.42 Å². The molecule has 0 aromatic rings. The lowest BCUT2D eigenvalue weighted by atomic mass is 10.0. The first-order valence-electron chi connectivity index (χ1n) is 8.94. The Bertz CT molecular complexity index is 524. The fourth-order valence-corrected chi connectivity index (χ4v) is 2.32. The van der Waals surface area contributed by atoms with Crippen LogP contribution in [0.5, 0.6) is 0 Å². The van der Waals surface area contributed by atoms with Crippen molar-refractivity contribution in [2.75, 3.05) is 13.2 Å². The zero-order valence-electron chi connectivity index (χ0n) is 16.3. The first-order chi connectivity index (χ1) is 12.5. The van der Waals surface area contributed by atoms with Crippen LogP contribution >= 0.6 is 0 Å². The summed E-state index contributed by atoms with van der Waals surface area (Å²) >= 11 is 0. The van der Waals surface area contributed by atoms with Crippen LogP contribution in [0.2, 0.25) is 0 Å². The maximum absolute atomic E-state index is 12.2. The van der Waals surface area contributed by atoms with Gasteiger partial charge in [-0.2, -0.15) is 0 Å². The zero-order valence-corrected chi connectivity index (χ0v) is 16.3. The van der Waals surface area contributed by atoms with Crippen molar-refractivity contribution >= 4 is 23.7 Å². The Hall–Kier alpha value is -2.20. The van der Waals surface area contributed by atoms with Crippen LogP contribution in [0.25, 0.3) is 0 Å². The highest BCUT2D eigenvalue weighted by molar-refractivity contribution is 5.92. The molecule has 156 valence electrons. The molecule has 10 nitrogen and oxygen atoms in total. The summed E-state index contributed by atoms with van der Waals surface area (Å²) in [5, 5.41) is 25.0. The second-order valence-corrected chi connectivity index (χ2v) is 7.29. The molecule has 0 saturated heterocycles. The number of carbonyl (C=O) groups excluding carboxylic acids is 3. The molecule has 0 saturated carbocycles. The van der Waals surface area contributed by atoms with E-state index in [1.54, 1.807) is 0 Å². The van der Waals surface area contributed by atoms with Gasteiger partial charge in [-0.3, -0.25) is 14.4 Å². The highest BCUT2D eigenvalue weighted by atomic mass is 16.4. The quantitative estimate of drug-likeness (QED) is 0.238. The van der Waals surface area contributed by atoms with Gasteiger partial charge in [0.1, 0.15) is 12.1 Å². The van der Waals surface area contributed by atoms with Crippen LogP contribution in [-0.4, -0.2) is 65.2 Å². The minimum atomic E-state index is -1.46. The number of carbonyl (C=O) groups is 4. The van der Waals surface area contributed by atoms with Crippen molar-refractivity contribution in [1.29, 1.82) is 0 Å². The molecule has 0 spiro atoms. The number of aliphatic hydroxyl groups is 1. The van der Waals surface area contributed by atoms with Gasteiger partial charge in [-0.05, 0) is 24.7 Å². The summed E-state index contributed by atoms with van der Waals surface area (Å²) in [6.07, 6.45) is 0.736. The van der Waals surface area contributed by atoms with Crippen LogP contribution in [0.3, 0.4) is 0 Å². The molecule has 27 heavy (non-hydrogen) atoms. The van der Waals surface area contributed by atoms with Gasteiger partial charge in [-0.15, -0.1) is 0 Å². The van der Waals surface area contributed by atoms with Gasteiger partial charge in [0.15, 0.2) is 0 Å². The third-order valence-electron chi connectivity index (χ3n) is 3.64. The number of carboxylic acids is 1. The van der Waals surface area contributed by atoms with Crippen molar-refractivity contribution in [2.45, 2.75) is 58.7 Å². The summed E-state index contributed by atoms with van der Waals surface area (Å²) in [7, 11) is 0. The summed E-state index contributed by atoms with van der Waals surface area (Å²) in [5.41, 5.74) is 5.73. The predicted molar refractivity (Wildman–Crippen MR) is 98.5 cm³/mol. The fourth-order valence-electron chi connectivity index (χ4n) is 2.32. The molecule has 0 aliphatic carbocycles. The van der Waals surface area contributed by atoms with Gasteiger partial charge in [0.2, 0.25) is 17.7 Å². The predicted octanol–water partition coefficient (Wildman–Crippen LogP) is -1.43. The Balaban J connectivity index is 4.75. The Labute approximate surface area is 159 Å². The fraction of sp³-hybridized carbons (Fsp3) is 0.765. The molecular weight excluding hydrogens is 356 g/mol. The van der Waals surface area contributed by atoms with Gasteiger partial charge >= 0.3 is 5.97 Å². The first kappa shape index (κ1) is 24.8. The van der Waals surface area contributed by atoms with E-state index < -0.39 is 48.4 Å². The maximum atomic E-state index is 12.2. The van der Waals surface area contributed by atoms with Crippen molar-refractivity contribution < 1.29 is 29.4 Å². The van der Waals surface area contributed by atoms with Gasteiger partial charge in [0.05, 0.1) is 19.2 Å². The van der Waals surface area contributed by atoms with E-state index >= 15 is 0 Å². The van der Waals surface area contributed by atoms with Crippen LogP contribution in [0, 0.1) is 11.8 Å². The molecule has 0 heterocycles. The van der Waals surface area contributed by atoms with E-state index in [1.807, 2.05) is 27.7 Å². The van der Waals surface area contributed by atoms with Gasteiger partial charge < -0.3 is 31.9 Å². The molecule has 3 unspecified atom stereocenters. The second kappa shape index (κ2) is 12.2. The van der Waals surface area contributed by atoms with Crippen LogP contribution < -0.4 is 21.7 Å². The lowest BCUT2D eigenvalue weighted by molar-refractivity contribution is -0.143. The van der Waals surface area contributed by atoms with E-state index in [0.717, 1.165) is 0 Å². The Morgan fingerprint density at radius 1 is 0.889 bits per heavy atom. The lowest BCUT2D eigenvalue weighted by Crippen LogP contribution is -2.54. The van der Waals surface area contributed by atoms with Gasteiger partial charge in [-0.25, -0.2) is 4.79 Å². The van der Waals surface area contributed by atoms with Gasteiger partial charge in [0, 0.05) is 0 Å². The first-order valence-corrected chi connectivity index (χ1v) is 8.94. The number of hydrogen-bond donors (Lipinski definition) is 6. The van der Waals surface area contributed by atoms with Crippen molar-refractivity contribution in [3.05, 3.63) is 0 Å². The van der Waals surface area contributed by atoms with E-state index in [1.165, 1.54) is 0 Å². The summed E-state index contributed by atoms with van der Waals surface area (Å²) in [4.78, 5) is 47.1. The molecule has 3 amide bonds. The van der Waals surface area contributed by atoms with Crippen molar-refractivity contribution in [3.8, 4) is 0 Å². The van der Waals surface area contributed by atoms with Crippen LogP contribution in [0.4, 0.5) is 0 Å². The van der Waals surface area contributed by atoms with Gasteiger partial charge in [-0.1, -0.05) is 27.7 Å². The summed E-state index contributed by atoms with van der Waals surface area (Å²) < 4.78 is 0. The summed E-state index contributed by atoms with van der Waals surface area (Å²) in [5.74, 6) is -2.90. The molecule has 0 fully saturated rings. The largest absolute Gasteiger partial charge is 0.480 e. The molecule has 0 aromatic carbocycles. The van der Waals surface area contributed by atoms with E-state index in [-0.39, 0.29) is 24.8 Å². The van der Waals surface area contributed by atoms with Crippen LogP contribution in [0.1, 0.15) is 40.5 Å². The van der Waals surface area contributed by atoms with E-state index in [2.05, 4.69) is 16.0 Å². The summed E-state index contributed by atoms with van der Waals surface area (Å²) in [6.45, 7) is 6.39. The average Bonchev–Trinajstić information content (AvgIpc) is 2.55. The highest BCUT2D eigenvalue weighted by Gasteiger charge is 2.27. The number of nitrogens with two attached hydrogens (primary N) is 1. The van der Waals surface area contributed by atoms with E-state index in [9.17, 15) is 19.2 Å².